The van der Waals surface area contributed by atoms with Crippen molar-refractivity contribution in [2.75, 3.05) is 7.11 Å². The van der Waals surface area contributed by atoms with Crippen molar-refractivity contribution in [3.05, 3.63) is 52.9 Å². The third-order valence-electron chi connectivity index (χ3n) is 4.23. The highest BCUT2D eigenvalue weighted by Gasteiger charge is 2.24. The van der Waals surface area contributed by atoms with Crippen molar-refractivity contribution in [1.29, 1.82) is 0 Å². The lowest BCUT2D eigenvalue weighted by molar-refractivity contribution is -0.583. The first-order chi connectivity index (χ1) is 12.0. The van der Waals surface area contributed by atoms with Crippen LogP contribution in [-0.2, 0) is 4.74 Å². The minimum atomic E-state index is -0.576. The average Bonchev–Trinajstić information content (AvgIpc) is 3.22. The molecular formula is C16H14N6O3. The lowest BCUT2D eigenvalue weighted by atomic mass is 10.2. The fraction of sp³-hybridized carbons (Fsp3) is 0.188. The molecule has 0 aliphatic carbocycles. The van der Waals surface area contributed by atoms with Crippen LogP contribution in [0.15, 0.2) is 30.6 Å². The number of hydrogen-bond acceptors (Lipinski definition) is 6. The molecule has 0 unspecified atom stereocenters. The molecule has 4 aromatic rings. The van der Waals surface area contributed by atoms with Gasteiger partial charge in [-0.3, -0.25) is 4.40 Å². The molecule has 0 N–H and O–H groups in total. The molecule has 0 aliphatic heterocycles. The monoisotopic (exact) mass is 338 g/mol. The van der Waals surface area contributed by atoms with E-state index in [0.717, 1.165) is 10.2 Å². The van der Waals surface area contributed by atoms with Gasteiger partial charge in [0.25, 0.3) is 0 Å². The van der Waals surface area contributed by atoms with E-state index in [4.69, 9.17) is 4.74 Å². The van der Waals surface area contributed by atoms with E-state index in [1.54, 1.807) is 26.2 Å². The van der Waals surface area contributed by atoms with Gasteiger partial charge in [-0.15, -0.1) is 5.10 Å². The number of aryl methyl sites for hydroxylation is 1. The highest BCUT2D eigenvalue weighted by atomic mass is 16.5. The van der Waals surface area contributed by atoms with Crippen LogP contribution in [0.3, 0.4) is 0 Å². The topological polar surface area (TPSA) is 101 Å². The van der Waals surface area contributed by atoms with Crippen LogP contribution in [0.4, 0.5) is 0 Å². The predicted molar refractivity (Wildman–Crippen MR) is 87.4 cm³/mol. The molecule has 4 rings (SSSR count). The summed E-state index contributed by atoms with van der Waals surface area (Å²) in [4.78, 5) is 16.2. The van der Waals surface area contributed by atoms with Gasteiger partial charge in [0.15, 0.2) is 17.0 Å². The van der Waals surface area contributed by atoms with Gasteiger partial charge in [-0.25, -0.2) is 9.78 Å². The van der Waals surface area contributed by atoms with E-state index in [-0.39, 0.29) is 5.69 Å². The maximum absolute atomic E-state index is 12.6. The van der Waals surface area contributed by atoms with Gasteiger partial charge in [-0.2, -0.15) is 9.41 Å². The number of para-hydroxylation sites is 2. The van der Waals surface area contributed by atoms with E-state index in [1.807, 2.05) is 22.6 Å². The van der Waals surface area contributed by atoms with Crippen molar-refractivity contribution >= 4 is 22.5 Å². The Morgan fingerprint density at radius 2 is 2.04 bits per heavy atom. The van der Waals surface area contributed by atoms with Gasteiger partial charge in [0.1, 0.15) is 11.8 Å². The number of hydrogen-bond donors (Lipinski definition) is 0. The first-order valence-electron chi connectivity index (χ1n) is 7.53. The molecule has 25 heavy (non-hydrogen) atoms. The van der Waals surface area contributed by atoms with E-state index in [9.17, 15) is 10.0 Å². The largest absolute Gasteiger partial charge is 0.618 e. The lowest BCUT2D eigenvalue weighted by Gasteiger charge is -2.09. The second-order valence-corrected chi connectivity index (χ2v) is 5.58. The highest BCUT2D eigenvalue weighted by molar-refractivity contribution is 5.88. The molecule has 1 aromatic carbocycles. The van der Waals surface area contributed by atoms with Crippen molar-refractivity contribution in [1.82, 2.24) is 24.4 Å². The van der Waals surface area contributed by atoms with Crippen LogP contribution < -0.4 is 4.73 Å². The zero-order valence-electron chi connectivity index (χ0n) is 13.8. The molecule has 9 heteroatoms. The zero-order chi connectivity index (χ0) is 17.7. The molecule has 0 bridgehead atoms. The van der Waals surface area contributed by atoms with Crippen LogP contribution >= 0.6 is 0 Å². The van der Waals surface area contributed by atoms with Crippen molar-refractivity contribution in [2.45, 2.75) is 13.8 Å². The molecule has 0 saturated heterocycles. The molecule has 0 amide bonds. The molecule has 0 atom stereocenters. The third kappa shape index (κ3) is 1.98. The molecule has 9 nitrogen and oxygen atoms in total. The van der Waals surface area contributed by atoms with Crippen LogP contribution in [0, 0.1) is 19.1 Å². The predicted octanol–water partition coefficient (Wildman–Crippen LogP) is 1.11. The Kier molecular flexibility index (Phi) is 3.17. The standard InChI is InChI=1S/C16H14N6O3/c1-9-13(16(23)25-3)18-19-21(9)15-14-10(2)22(24)12-7-5-4-6-11(12)20(14)8-17-15/h4-8H,1-3H3. The number of aromatic nitrogens is 6. The number of benzene rings is 1. The summed E-state index contributed by atoms with van der Waals surface area (Å²) in [6.07, 6.45) is 1.62. The molecule has 0 saturated carbocycles. The lowest BCUT2D eigenvalue weighted by Crippen LogP contribution is -2.32. The molecule has 3 aromatic heterocycles. The zero-order valence-corrected chi connectivity index (χ0v) is 13.8. The van der Waals surface area contributed by atoms with Gasteiger partial charge in [-0.1, -0.05) is 17.3 Å². The molecule has 126 valence electrons. The second kappa shape index (κ2) is 5.26. The first-order valence-corrected chi connectivity index (χ1v) is 7.53. The Morgan fingerprint density at radius 3 is 2.80 bits per heavy atom. The van der Waals surface area contributed by atoms with Crippen LogP contribution in [0.2, 0.25) is 0 Å². The summed E-state index contributed by atoms with van der Waals surface area (Å²) >= 11 is 0. The number of carbonyl (C=O) groups excluding carboxylic acids is 1. The summed E-state index contributed by atoms with van der Waals surface area (Å²) in [5.41, 5.74) is 2.93. The smallest absolute Gasteiger partial charge is 0.360 e. The molecular weight excluding hydrogens is 324 g/mol. The summed E-state index contributed by atoms with van der Waals surface area (Å²) in [7, 11) is 1.28. The number of imidazole rings is 1. The minimum Gasteiger partial charge on any atom is -0.618 e. The normalized spacial score (nSPS) is 11.3. The second-order valence-electron chi connectivity index (χ2n) is 5.58. The number of ether oxygens (including phenoxy) is 1. The number of fused-ring (bicyclic) bond motifs is 3. The van der Waals surface area contributed by atoms with Gasteiger partial charge in [0, 0.05) is 13.0 Å². The van der Waals surface area contributed by atoms with Crippen molar-refractivity contribution in [2.24, 2.45) is 0 Å². The Bertz CT molecular complexity index is 1140. The van der Waals surface area contributed by atoms with Crippen molar-refractivity contribution < 1.29 is 14.3 Å². The van der Waals surface area contributed by atoms with E-state index < -0.39 is 5.97 Å². The summed E-state index contributed by atoms with van der Waals surface area (Å²) in [5.74, 6) is -0.152. The number of methoxy groups -OCH3 is 1. The van der Waals surface area contributed by atoms with Gasteiger partial charge >= 0.3 is 5.97 Å². The maximum atomic E-state index is 12.6. The highest BCUT2D eigenvalue weighted by Crippen LogP contribution is 2.22. The quantitative estimate of drug-likeness (QED) is 0.308. The van der Waals surface area contributed by atoms with Crippen LogP contribution in [0.5, 0.6) is 0 Å². The van der Waals surface area contributed by atoms with E-state index >= 15 is 0 Å². The van der Waals surface area contributed by atoms with E-state index in [0.29, 0.717) is 28.2 Å². The molecule has 0 radical (unpaired) electrons. The van der Waals surface area contributed by atoms with Gasteiger partial charge < -0.3 is 9.94 Å². The van der Waals surface area contributed by atoms with Gasteiger partial charge in [0.05, 0.1) is 12.8 Å². The maximum Gasteiger partial charge on any atom is 0.360 e. The van der Waals surface area contributed by atoms with Crippen LogP contribution in [-0.4, -0.2) is 37.5 Å². The van der Waals surface area contributed by atoms with Gasteiger partial charge in [-0.05, 0) is 13.0 Å². The van der Waals surface area contributed by atoms with Crippen molar-refractivity contribution in [3.8, 4) is 5.82 Å². The first kappa shape index (κ1) is 15.1. The Morgan fingerprint density at radius 1 is 1.28 bits per heavy atom. The summed E-state index contributed by atoms with van der Waals surface area (Å²) in [6, 6.07) is 7.26. The fourth-order valence-electron chi connectivity index (χ4n) is 2.94. The van der Waals surface area contributed by atoms with E-state index in [2.05, 4.69) is 15.3 Å². The van der Waals surface area contributed by atoms with Crippen molar-refractivity contribution in [3.63, 3.8) is 0 Å². The average molecular weight is 338 g/mol. The van der Waals surface area contributed by atoms with Crippen LogP contribution in [0.1, 0.15) is 21.9 Å². The SMILES string of the molecule is COC(=O)c1nnn(-c2ncn3c2c(C)[n+]([O-])c2ccccc23)c1C. The molecule has 0 fully saturated rings. The minimum absolute atomic E-state index is 0.108. The number of carbonyl (C=O) groups is 1. The summed E-state index contributed by atoms with van der Waals surface area (Å²) in [6.45, 7) is 3.41. The Hall–Kier alpha value is -3.49. The Labute approximate surface area is 141 Å². The van der Waals surface area contributed by atoms with Gasteiger partial charge in [0.2, 0.25) is 11.2 Å². The van der Waals surface area contributed by atoms with E-state index in [1.165, 1.54) is 11.8 Å². The molecule has 3 heterocycles. The number of rotatable bonds is 2. The number of esters is 1. The summed E-state index contributed by atoms with van der Waals surface area (Å²) in [5, 5.41) is 20.5. The Balaban J connectivity index is 2.05. The van der Waals surface area contributed by atoms with Crippen LogP contribution in [0.25, 0.3) is 22.4 Å². The third-order valence-corrected chi connectivity index (χ3v) is 4.23. The fourth-order valence-corrected chi connectivity index (χ4v) is 2.94. The number of nitrogens with zero attached hydrogens (tertiary/aromatic N) is 6. The summed E-state index contributed by atoms with van der Waals surface area (Å²) < 4.78 is 8.83. The molecule has 0 aliphatic rings. The molecule has 0 spiro atoms.